The van der Waals surface area contributed by atoms with E-state index in [9.17, 15) is 27.6 Å². The Hall–Kier alpha value is -4.47. The third-order valence-electron chi connectivity index (χ3n) is 5.37. The average molecular weight is 495 g/mol. The second-order valence-electron chi connectivity index (χ2n) is 7.95. The van der Waals surface area contributed by atoms with Crippen molar-refractivity contribution in [3.63, 3.8) is 0 Å². The van der Waals surface area contributed by atoms with Gasteiger partial charge in [-0.3, -0.25) is 9.59 Å². The summed E-state index contributed by atoms with van der Waals surface area (Å²) in [4.78, 5) is 38.4. The fraction of sp³-hybridized carbons (Fsp3) is 0.154. The number of fused-ring (bicyclic) bond motifs is 1. The van der Waals surface area contributed by atoms with E-state index in [4.69, 9.17) is 4.74 Å². The summed E-state index contributed by atoms with van der Waals surface area (Å²) < 4.78 is 44.6. The molecule has 0 bridgehead atoms. The van der Waals surface area contributed by atoms with Crippen molar-refractivity contribution >= 4 is 28.3 Å². The quantitative estimate of drug-likeness (QED) is 0.394. The fourth-order valence-corrected chi connectivity index (χ4v) is 3.51. The molecule has 0 aliphatic rings. The molecule has 0 spiro atoms. The molecule has 184 valence electrons. The Labute approximate surface area is 203 Å². The summed E-state index contributed by atoms with van der Waals surface area (Å²) in [5.74, 6) is -1.67. The van der Waals surface area contributed by atoms with Gasteiger partial charge in [0.1, 0.15) is 0 Å². The first-order valence-corrected chi connectivity index (χ1v) is 10.9. The maximum Gasteiger partial charge on any atom is 0.416 e. The number of amides is 1. The summed E-state index contributed by atoms with van der Waals surface area (Å²) in [5.41, 5.74) is -0.486. The first kappa shape index (κ1) is 24.6. The fourth-order valence-electron chi connectivity index (χ4n) is 3.51. The zero-order valence-corrected chi connectivity index (χ0v) is 19.0. The molecule has 0 aliphatic heterocycles. The number of hydrogen-bond donors (Lipinski definition) is 1. The van der Waals surface area contributed by atoms with E-state index in [1.807, 2.05) is 30.3 Å². The van der Waals surface area contributed by atoms with Gasteiger partial charge >= 0.3 is 12.1 Å². The molecule has 1 atom stereocenters. The molecule has 4 aromatic rings. The van der Waals surface area contributed by atoms with Crippen LogP contribution in [-0.4, -0.2) is 27.8 Å². The molecule has 1 unspecified atom stereocenters. The van der Waals surface area contributed by atoms with Crippen LogP contribution in [0, 0.1) is 0 Å². The Morgan fingerprint density at radius 2 is 1.56 bits per heavy atom. The summed E-state index contributed by atoms with van der Waals surface area (Å²) >= 11 is 0. The maximum absolute atomic E-state index is 13.0. The second kappa shape index (κ2) is 10.0. The van der Waals surface area contributed by atoms with Crippen LogP contribution in [0.4, 0.5) is 18.9 Å². The summed E-state index contributed by atoms with van der Waals surface area (Å²) in [7, 11) is 0. The number of ether oxygens (including phenoxy) is 1. The van der Waals surface area contributed by atoms with Gasteiger partial charge in [0.15, 0.2) is 11.8 Å². The molecule has 7 nitrogen and oxygen atoms in total. The lowest BCUT2D eigenvalue weighted by Gasteiger charge is -2.15. The van der Waals surface area contributed by atoms with Gasteiger partial charge in [-0.15, -0.1) is 0 Å². The van der Waals surface area contributed by atoms with Gasteiger partial charge < -0.3 is 10.1 Å². The number of benzene rings is 3. The number of rotatable bonds is 6. The first-order valence-electron chi connectivity index (χ1n) is 10.9. The minimum absolute atomic E-state index is 0.107. The standard InChI is InChI=1S/C26H20F3N3O4/c1-16(23(33)30-19-13-11-18(12-14-19)26(27,28)29)36-25(35)22-20-9-5-6-10-21(20)24(34)32(31-22)15-17-7-3-2-4-8-17/h2-14,16H,15H2,1H3,(H,30,33). The molecule has 10 heteroatoms. The van der Waals surface area contributed by atoms with Crippen molar-refractivity contribution in [1.29, 1.82) is 0 Å². The zero-order chi connectivity index (χ0) is 25.9. The summed E-state index contributed by atoms with van der Waals surface area (Å²) in [6.45, 7) is 1.44. The molecule has 1 aromatic heterocycles. The molecule has 1 N–H and O–H groups in total. The number of aromatic nitrogens is 2. The van der Waals surface area contributed by atoms with Gasteiger partial charge in [0.2, 0.25) is 0 Å². The Bertz CT molecular complexity index is 1470. The van der Waals surface area contributed by atoms with E-state index in [1.165, 1.54) is 6.92 Å². The van der Waals surface area contributed by atoms with Crippen molar-refractivity contribution in [3.8, 4) is 0 Å². The number of alkyl halides is 3. The molecule has 1 heterocycles. The first-order chi connectivity index (χ1) is 17.1. The van der Waals surface area contributed by atoms with Crippen molar-refractivity contribution in [1.82, 2.24) is 9.78 Å². The number of hydrogen-bond acceptors (Lipinski definition) is 5. The van der Waals surface area contributed by atoms with Gasteiger partial charge in [-0.25, -0.2) is 9.48 Å². The van der Waals surface area contributed by atoms with Crippen molar-refractivity contribution in [2.75, 3.05) is 5.32 Å². The van der Waals surface area contributed by atoms with Gasteiger partial charge in [0.05, 0.1) is 17.5 Å². The molecule has 36 heavy (non-hydrogen) atoms. The Balaban J connectivity index is 1.55. The van der Waals surface area contributed by atoms with Crippen LogP contribution in [0.15, 0.2) is 83.7 Å². The van der Waals surface area contributed by atoms with Gasteiger partial charge in [-0.1, -0.05) is 48.5 Å². The van der Waals surface area contributed by atoms with Crippen molar-refractivity contribution < 1.29 is 27.5 Å². The molecular weight excluding hydrogens is 475 g/mol. The minimum atomic E-state index is -4.50. The van der Waals surface area contributed by atoms with E-state index < -0.39 is 29.7 Å². The predicted octanol–water partition coefficient (Wildman–Crippen LogP) is 4.65. The average Bonchev–Trinajstić information content (AvgIpc) is 2.86. The highest BCUT2D eigenvalue weighted by molar-refractivity contribution is 6.03. The number of esters is 1. The van der Waals surface area contributed by atoms with Gasteiger partial charge in [0.25, 0.3) is 11.5 Å². The van der Waals surface area contributed by atoms with Crippen LogP contribution < -0.4 is 10.9 Å². The molecule has 3 aromatic carbocycles. The zero-order valence-electron chi connectivity index (χ0n) is 19.0. The summed E-state index contributed by atoms with van der Waals surface area (Å²) in [6.07, 6.45) is -5.80. The van der Waals surface area contributed by atoms with Crippen LogP contribution in [0.2, 0.25) is 0 Å². The Kier molecular flexibility index (Phi) is 6.86. The molecule has 0 aliphatic carbocycles. The van der Waals surface area contributed by atoms with Gasteiger partial charge in [-0.2, -0.15) is 18.3 Å². The highest BCUT2D eigenvalue weighted by Gasteiger charge is 2.30. The van der Waals surface area contributed by atoms with Crippen LogP contribution >= 0.6 is 0 Å². The van der Waals surface area contributed by atoms with E-state index in [1.54, 1.807) is 24.3 Å². The van der Waals surface area contributed by atoms with Crippen LogP contribution in [-0.2, 0) is 22.3 Å². The van der Waals surface area contributed by atoms with Crippen molar-refractivity contribution in [2.45, 2.75) is 25.7 Å². The normalized spacial score (nSPS) is 12.2. The lowest BCUT2D eigenvalue weighted by molar-refractivity contribution is -0.137. The van der Waals surface area contributed by atoms with Crippen LogP contribution in [0.1, 0.15) is 28.5 Å². The molecular formula is C26H20F3N3O4. The smallest absolute Gasteiger partial charge is 0.416 e. The molecule has 0 saturated carbocycles. The topological polar surface area (TPSA) is 90.3 Å². The van der Waals surface area contributed by atoms with Crippen molar-refractivity contribution in [2.24, 2.45) is 0 Å². The van der Waals surface area contributed by atoms with E-state index >= 15 is 0 Å². The summed E-state index contributed by atoms with van der Waals surface area (Å²) in [6, 6.07) is 19.4. The monoisotopic (exact) mass is 495 g/mol. The number of carbonyl (C=O) groups excluding carboxylic acids is 2. The van der Waals surface area contributed by atoms with Crippen LogP contribution in [0.5, 0.6) is 0 Å². The second-order valence-corrected chi connectivity index (χ2v) is 7.95. The molecule has 0 saturated heterocycles. The number of halogens is 3. The molecule has 0 radical (unpaired) electrons. The van der Waals surface area contributed by atoms with E-state index in [0.29, 0.717) is 0 Å². The van der Waals surface area contributed by atoms with Gasteiger partial charge in [-0.05, 0) is 42.8 Å². The molecule has 4 rings (SSSR count). The van der Waals surface area contributed by atoms with E-state index in [-0.39, 0.29) is 34.3 Å². The molecule has 1 amide bonds. The third-order valence-corrected chi connectivity index (χ3v) is 5.37. The predicted molar refractivity (Wildman–Crippen MR) is 126 cm³/mol. The third kappa shape index (κ3) is 5.43. The van der Waals surface area contributed by atoms with E-state index in [2.05, 4.69) is 10.4 Å². The van der Waals surface area contributed by atoms with Crippen molar-refractivity contribution in [3.05, 3.63) is 106 Å². The Morgan fingerprint density at radius 1 is 0.944 bits per heavy atom. The largest absolute Gasteiger partial charge is 0.448 e. The lowest BCUT2D eigenvalue weighted by atomic mass is 10.1. The highest BCUT2D eigenvalue weighted by Crippen LogP contribution is 2.29. The van der Waals surface area contributed by atoms with Crippen LogP contribution in [0.25, 0.3) is 10.8 Å². The number of nitrogens with zero attached hydrogens (tertiary/aromatic N) is 2. The Morgan fingerprint density at radius 3 is 2.19 bits per heavy atom. The van der Waals surface area contributed by atoms with Crippen LogP contribution in [0.3, 0.4) is 0 Å². The minimum Gasteiger partial charge on any atom is -0.448 e. The summed E-state index contributed by atoms with van der Waals surface area (Å²) in [5, 5.41) is 7.16. The SMILES string of the molecule is CC(OC(=O)c1nn(Cc2ccccc2)c(=O)c2ccccc12)C(=O)Nc1ccc(C(F)(F)F)cc1. The number of nitrogens with one attached hydrogen (secondary N) is 1. The molecule has 0 fully saturated rings. The maximum atomic E-state index is 13.0. The van der Waals surface area contributed by atoms with E-state index in [0.717, 1.165) is 34.5 Å². The number of carbonyl (C=O) groups is 2. The highest BCUT2D eigenvalue weighted by atomic mass is 19.4. The number of anilines is 1. The van der Waals surface area contributed by atoms with Gasteiger partial charge in [0, 0.05) is 11.1 Å². The lowest BCUT2D eigenvalue weighted by Crippen LogP contribution is -2.32.